The van der Waals surface area contributed by atoms with Gasteiger partial charge in [0, 0.05) is 7.11 Å². The van der Waals surface area contributed by atoms with Crippen LogP contribution in [0, 0.1) is 6.92 Å². The van der Waals surface area contributed by atoms with Crippen LogP contribution in [0.2, 0.25) is 0 Å². The van der Waals surface area contributed by atoms with Crippen LogP contribution in [0.15, 0.2) is 9.59 Å². The molecule has 0 bridgehead atoms. The van der Waals surface area contributed by atoms with Gasteiger partial charge in [0.1, 0.15) is 4.83 Å². The summed E-state index contributed by atoms with van der Waals surface area (Å²) in [5, 5.41) is 0.128. The maximum Gasteiger partial charge on any atom is 0.332 e. The van der Waals surface area contributed by atoms with Gasteiger partial charge in [-0.1, -0.05) is 0 Å². The lowest BCUT2D eigenvalue weighted by Gasteiger charge is -2.11. The maximum atomic E-state index is 12.7. The predicted octanol–water partition coefficient (Wildman–Crippen LogP) is 1.26. The molecule has 22 heavy (non-hydrogen) atoms. The van der Waals surface area contributed by atoms with E-state index in [1.807, 2.05) is 0 Å². The van der Waals surface area contributed by atoms with Crippen molar-refractivity contribution in [2.75, 3.05) is 13.7 Å². The van der Waals surface area contributed by atoms with E-state index in [1.165, 1.54) is 11.7 Å². The normalized spacial score (nSPS) is 11.5. The monoisotopic (exact) mass is 332 g/mol. The highest BCUT2D eigenvalue weighted by Crippen LogP contribution is 2.26. The molecule has 0 atom stereocenters. The highest BCUT2D eigenvalue weighted by Gasteiger charge is 2.21. The summed E-state index contributed by atoms with van der Waals surface area (Å²) < 4.78 is 31.9. The van der Waals surface area contributed by atoms with Crippen molar-refractivity contribution in [2.45, 2.75) is 26.4 Å². The van der Waals surface area contributed by atoms with E-state index in [9.17, 15) is 23.2 Å². The van der Waals surface area contributed by atoms with Crippen LogP contribution in [0.5, 0.6) is 0 Å². The number of rotatable bonds is 6. The van der Waals surface area contributed by atoms with E-state index in [2.05, 4.69) is 0 Å². The van der Waals surface area contributed by atoms with Gasteiger partial charge in [-0.05, 0) is 12.5 Å². The number of nitrogens with zero attached hydrogens (tertiary/aromatic N) is 2. The van der Waals surface area contributed by atoms with E-state index >= 15 is 0 Å². The molecule has 0 amide bonds. The number of alkyl halides is 2. The molecule has 6 nitrogen and oxygen atoms in total. The average Bonchev–Trinajstić information content (AvgIpc) is 2.80. The van der Waals surface area contributed by atoms with Gasteiger partial charge in [-0.15, -0.1) is 11.3 Å². The molecule has 2 aromatic heterocycles. The van der Waals surface area contributed by atoms with Crippen molar-refractivity contribution in [2.24, 2.45) is 0 Å². The van der Waals surface area contributed by atoms with E-state index in [1.54, 1.807) is 6.92 Å². The fraction of sp³-hybridized carbons (Fsp3) is 0.462. The lowest BCUT2D eigenvalue weighted by Crippen LogP contribution is -2.41. The molecular weight excluding hydrogens is 318 g/mol. The van der Waals surface area contributed by atoms with Crippen LogP contribution < -0.4 is 11.2 Å². The number of carbonyl (C=O) groups excluding carboxylic acids is 1. The van der Waals surface area contributed by atoms with Crippen LogP contribution in [-0.4, -0.2) is 35.6 Å². The Morgan fingerprint density at radius 3 is 2.55 bits per heavy atom. The third kappa shape index (κ3) is 2.73. The van der Waals surface area contributed by atoms with Crippen molar-refractivity contribution in [3.63, 3.8) is 0 Å². The number of aldehydes is 1. The van der Waals surface area contributed by atoms with E-state index in [0.29, 0.717) is 26.1 Å². The summed E-state index contributed by atoms with van der Waals surface area (Å²) in [7, 11) is 1.44. The molecule has 0 aliphatic heterocycles. The molecule has 2 rings (SSSR count). The van der Waals surface area contributed by atoms with Crippen LogP contribution in [0.4, 0.5) is 8.78 Å². The smallest absolute Gasteiger partial charge is 0.332 e. The maximum absolute atomic E-state index is 12.7. The number of hydrogen-bond acceptors (Lipinski definition) is 5. The first kappa shape index (κ1) is 16.5. The number of carbonyl (C=O) groups is 1. The topological polar surface area (TPSA) is 70.3 Å². The van der Waals surface area contributed by atoms with Crippen molar-refractivity contribution in [1.82, 2.24) is 9.13 Å². The van der Waals surface area contributed by atoms with Crippen molar-refractivity contribution in [1.29, 1.82) is 0 Å². The first-order valence-corrected chi connectivity index (χ1v) is 7.23. The van der Waals surface area contributed by atoms with Gasteiger partial charge in [-0.2, -0.15) is 0 Å². The Morgan fingerprint density at radius 1 is 1.32 bits per heavy atom. The van der Waals surface area contributed by atoms with Gasteiger partial charge in [-0.3, -0.25) is 18.7 Å². The summed E-state index contributed by atoms with van der Waals surface area (Å²) in [6.07, 6.45) is -2.25. The summed E-state index contributed by atoms with van der Waals surface area (Å²) >= 11 is 0.995. The highest BCUT2D eigenvalue weighted by atomic mass is 32.1. The van der Waals surface area contributed by atoms with Gasteiger partial charge >= 0.3 is 5.69 Å². The molecule has 2 heterocycles. The van der Waals surface area contributed by atoms with Crippen LogP contribution in [0.25, 0.3) is 10.2 Å². The number of hydrogen-bond donors (Lipinski definition) is 0. The minimum Gasteiger partial charge on any atom is -0.383 e. The molecule has 0 aliphatic carbocycles. The number of ether oxygens (including phenoxy) is 1. The minimum atomic E-state index is -2.83. The van der Waals surface area contributed by atoms with Crippen LogP contribution >= 0.6 is 11.3 Å². The lowest BCUT2D eigenvalue weighted by molar-refractivity contribution is 0.112. The van der Waals surface area contributed by atoms with Gasteiger partial charge < -0.3 is 4.74 Å². The van der Waals surface area contributed by atoms with Gasteiger partial charge in [0.05, 0.1) is 30.0 Å². The van der Waals surface area contributed by atoms with Crippen molar-refractivity contribution >= 4 is 27.8 Å². The first-order valence-electron chi connectivity index (χ1n) is 6.41. The quantitative estimate of drug-likeness (QED) is 0.747. The Kier molecular flexibility index (Phi) is 4.87. The fourth-order valence-corrected chi connectivity index (χ4v) is 3.34. The number of aryl methyl sites for hydroxylation is 1. The molecule has 0 unspecified atom stereocenters. The van der Waals surface area contributed by atoms with Crippen molar-refractivity contribution < 1.29 is 18.3 Å². The molecule has 0 saturated carbocycles. The Morgan fingerprint density at radius 2 is 2.00 bits per heavy atom. The Hall–Kier alpha value is -1.87. The molecule has 0 fully saturated rings. The second-order valence-corrected chi connectivity index (χ2v) is 5.65. The standard InChI is InChI=1S/C13H14F2N2O4S/c1-7-8(6-18)22-12-10(7)11(19)17(5-9(14)15)13(20)16(12)3-4-21-2/h6,9H,3-5H2,1-2H3. The molecule has 9 heteroatoms. The summed E-state index contributed by atoms with van der Waals surface area (Å²) in [4.78, 5) is 36.3. The highest BCUT2D eigenvalue weighted by molar-refractivity contribution is 7.20. The van der Waals surface area contributed by atoms with Crippen molar-refractivity contribution in [3.8, 4) is 0 Å². The summed E-state index contributed by atoms with van der Waals surface area (Å²) in [5.74, 6) is 0. The zero-order valence-corrected chi connectivity index (χ0v) is 12.8. The van der Waals surface area contributed by atoms with Crippen molar-refractivity contribution in [3.05, 3.63) is 31.3 Å². The SMILES string of the molecule is COCCn1c(=O)n(CC(F)F)c(=O)c2c(C)c(C=O)sc21. The number of thiophene rings is 1. The molecule has 0 N–H and O–H groups in total. The molecule has 0 saturated heterocycles. The third-order valence-electron chi connectivity index (χ3n) is 3.28. The van der Waals surface area contributed by atoms with Crippen LogP contribution in [0.1, 0.15) is 15.2 Å². The number of fused-ring (bicyclic) bond motifs is 1. The van der Waals surface area contributed by atoms with Crippen LogP contribution in [0.3, 0.4) is 0 Å². The van der Waals surface area contributed by atoms with Crippen LogP contribution in [-0.2, 0) is 17.8 Å². The molecular formula is C13H14F2N2O4S. The van der Waals surface area contributed by atoms with E-state index in [-0.39, 0.29) is 18.5 Å². The summed E-state index contributed by atoms with van der Waals surface area (Å²) in [6.45, 7) is 0.858. The summed E-state index contributed by atoms with van der Waals surface area (Å²) in [5.41, 5.74) is -1.22. The van der Waals surface area contributed by atoms with E-state index < -0.39 is 24.2 Å². The first-order chi connectivity index (χ1) is 10.4. The number of aromatic nitrogens is 2. The molecule has 120 valence electrons. The largest absolute Gasteiger partial charge is 0.383 e. The second kappa shape index (κ2) is 6.49. The van der Waals surface area contributed by atoms with Gasteiger partial charge in [0.25, 0.3) is 12.0 Å². The fourth-order valence-electron chi connectivity index (χ4n) is 2.20. The molecule has 0 radical (unpaired) electrons. The molecule has 0 aliphatic rings. The van der Waals surface area contributed by atoms with Gasteiger partial charge in [-0.25, -0.2) is 13.6 Å². The zero-order valence-electron chi connectivity index (χ0n) is 12.0. The Balaban J connectivity index is 2.86. The second-order valence-electron chi connectivity index (χ2n) is 4.62. The minimum absolute atomic E-state index is 0.105. The average molecular weight is 332 g/mol. The van der Waals surface area contributed by atoms with Gasteiger partial charge in [0.15, 0.2) is 6.29 Å². The van der Waals surface area contributed by atoms with E-state index in [4.69, 9.17) is 4.74 Å². The van der Waals surface area contributed by atoms with Gasteiger partial charge in [0.2, 0.25) is 0 Å². The Labute approximate surface area is 127 Å². The molecule has 0 spiro atoms. The van der Waals surface area contributed by atoms with E-state index in [0.717, 1.165) is 11.3 Å². The Bertz CT molecular complexity index is 822. The lowest BCUT2D eigenvalue weighted by atomic mass is 10.2. The number of methoxy groups -OCH3 is 1. The summed E-state index contributed by atoms with van der Waals surface area (Å²) in [6, 6.07) is 0. The third-order valence-corrected chi connectivity index (χ3v) is 4.52. The molecule has 0 aromatic carbocycles. The number of halogens is 2. The predicted molar refractivity (Wildman–Crippen MR) is 78.3 cm³/mol. The zero-order chi connectivity index (χ0) is 16.4. The molecule has 2 aromatic rings.